The van der Waals surface area contributed by atoms with E-state index in [4.69, 9.17) is 35.7 Å². The average molecular weight is 454 g/mol. The summed E-state index contributed by atoms with van der Waals surface area (Å²) in [6.07, 6.45) is 1.18. The third-order valence-corrected chi connectivity index (χ3v) is 5.69. The van der Waals surface area contributed by atoms with E-state index in [-0.39, 0.29) is 72.0 Å². The second-order valence-electron chi connectivity index (χ2n) is 7.13. The van der Waals surface area contributed by atoms with E-state index in [9.17, 15) is 14.7 Å². The summed E-state index contributed by atoms with van der Waals surface area (Å²) in [6.45, 7) is 2.15. The number of aliphatic imine (C=N–C) groups is 1. The largest absolute Gasteiger partial charge is 0.507 e. The summed E-state index contributed by atoms with van der Waals surface area (Å²) in [4.78, 5) is 30.2. The number of allylic oxidation sites excluding steroid dienone is 1. The smallest absolute Gasteiger partial charge is 0.231 e. The standard InChI is InChI=1S/C21H24ClNO8/c1-11-8-13(25)12(10-23-4-6-30-7-5-24)19(26)21(11)20(27)16-14(28-2)9-15(29-3)17(22)18(16)31-21/h9-11,24,26H,4-8H2,1-3H3. The Labute approximate surface area is 184 Å². The van der Waals surface area contributed by atoms with Crippen LogP contribution in [0.5, 0.6) is 17.2 Å². The molecule has 2 unspecified atom stereocenters. The van der Waals surface area contributed by atoms with Crippen LogP contribution in [0.1, 0.15) is 23.7 Å². The number of hydrogen-bond donors (Lipinski definition) is 2. The number of rotatable bonds is 8. The van der Waals surface area contributed by atoms with Gasteiger partial charge in [-0.15, -0.1) is 0 Å². The van der Waals surface area contributed by atoms with Crippen molar-refractivity contribution in [2.24, 2.45) is 10.9 Å². The lowest BCUT2D eigenvalue weighted by Crippen LogP contribution is -2.52. The molecule has 9 nitrogen and oxygen atoms in total. The number of benzene rings is 1. The summed E-state index contributed by atoms with van der Waals surface area (Å²) in [5.74, 6) is -1.64. The molecule has 1 aliphatic heterocycles. The maximum absolute atomic E-state index is 13.5. The van der Waals surface area contributed by atoms with Gasteiger partial charge in [0.15, 0.2) is 17.3 Å². The van der Waals surface area contributed by atoms with Gasteiger partial charge in [0.25, 0.3) is 0 Å². The molecule has 1 aromatic carbocycles. The van der Waals surface area contributed by atoms with Crippen LogP contribution in [0.25, 0.3) is 0 Å². The zero-order valence-electron chi connectivity index (χ0n) is 17.4. The van der Waals surface area contributed by atoms with E-state index in [1.54, 1.807) is 6.92 Å². The normalized spacial score (nSPS) is 22.9. The Bertz CT molecular complexity index is 957. The van der Waals surface area contributed by atoms with Crippen LogP contribution in [-0.2, 0) is 9.53 Å². The number of halogens is 1. The average Bonchev–Trinajstić information content (AvgIpc) is 3.07. The minimum absolute atomic E-state index is 0.0318. The van der Waals surface area contributed by atoms with E-state index in [2.05, 4.69) is 4.99 Å². The van der Waals surface area contributed by atoms with Gasteiger partial charge in [0, 0.05) is 24.6 Å². The number of ketones is 2. The molecule has 0 saturated heterocycles. The zero-order chi connectivity index (χ0) is 22.8. The van der Waals surface area contributed by atoms with Gasteiger partial charge in [-0.2, -0.15) is 0 Å². The molecule has 0 aromatic heterocycles. The van der Waals surface area contributed by atoms with Crippen molar-refractivity contribution in [3.8, 4) is 17.2 Å². The zero-order valence-corrected chi connectivity index (χ0v) is 18.2. The third kappa shape index (κ3) is 3.77. The van der Waals surface area contributed by atoms with E-state index < -0.39 is 23.1 Å². The molecule has 168 valence electrons. The summed E-state index contributed by atoms with van der Waals surface area (Å²) < 4.78 is 21.7. The van der Waals surface area contributed by atoms with Gasteiger partial charge in [0.05, 0.1) is 46.2 Å². The Morgan fingerprint density at radius 3 is 2.65 bits per heavy atom. The second kappa shape index (κ2) is 9.25. The van der Waals surface area contributed by atoms with Crippen molar-refractivity contribution in [3.05, 3.63) is 28.0 Å². The predicted molar refractivity (Wildman–Crippen MR) is 112 cm³/mol. The number of nitrogens with zero attached hydrogens (tertiary/aromatic N) is 1. The fraction of sp³-hybridized carbons (Fsp3) is 0.476. The molecule has 0 fully saturated rings. The van der Waals surface area contributed by atoms with Gasteiger partial charge in [0.1, 0.15) is 22.1 Å². The van der Waals surface area contributed by atoms with Crippen LogP contribution in [-0.4, -0.2) is 74.2 Å². The van der Waals surface area contributed by atoms with Crippen molar-refractivity contribution < 1.29 is 38.7 Å². The fourth-order valence-corrected chi connectivity index (χ4v) is 4.02. The molecule has 1 heterocycles. The third-order valence-electron chi connectivity index (χ3n) is 5.33. The van der Waals surface area contributed by atoms with Crippen LogP contribution in [0.15, 0.2) is 22.4 Å². The molecule has 10 heteroatoms. The number of carbonyl (C=O) groups is 2. The van der Waals surface area contributed by atoms with Gasteiger partial charge in [-0.3, -0.25) is 14.6 Å². The van der Waals surface area contributed by atoms with Crippen LogP contribution >= 0.6 is 11.6 Å². The molecule has 0 bridgehead atoms. The number of Topliss-reactive ketones (excluding diaryl/α,β-unsaturated/α-hetero) is 2. The van der Waals surface area contributed by atoms with Crippen molar-refractivity contribution in [2.45, 2.75) is 18.9 Å². The van der Waals surface area contributed by atoms with Crippen LogP contribution in [0.3, 0.4) is 0 Å². The SMILES string of the molecule is COc1cc(OC)c2c(c1Cl)OC1(C2=O)C(O)=C(C=NCCOCCO)C(=O)CC1C. The fourth-order valence-electron chi connectivity index (χ4n) is 3.75. The number of hydrogen-bond acceptors (Lipinski definition) is 9. The van der Waals surface area contributed by atoms with E-state index in [0.29, 0.717) is 0 Å². The Morgan fingerprint density at radius 2 is 2.00 bits per heavy atom. The highest BCUT2D eigenvalue weighted by molar-refractivity contribution is 6.35. The second-order valence-corrected chi connectivity index (χ2v) is 7.51. The number of carbonyl (C=O) groups excluding carboxylic acids is 2. The Morgan fingerprint density at radius 1 is 1.29 bits per heavy atom. The van der Waals surface area contributed by atoms with E-state index in [0.717, 1.165) is 0 Å². The summed E-state index contributed by atoms with van der Waals surface area (Å²) in [7, 11) is 2.80. The highest BCUT2D eigenvalue weighted by atomic mass is 35.5. The molecule has 2 N–H and O–H groups in total. The molecule has 0 amide bonds. The van der Waals surface area contributed by atoms with Crippen LogP contribution < -0.4 is 14.2 Å². The van der Waals surface area contributed by atoms with E-state index in [1.165, 1.54) is 26.5 Å². The van der Waals surface area contributed by atoms with E-state index >= 15 is 0 Å². The van der Waals surface area contributed by atoms with Gasteiger partial charge in [-0.25, -0.2) is 0 Å². The Balaban J connectivity index is 2.03. The maximum Gasteiger partial charge on any atom is 0.231 e. The molecule has 31 heavy (non-hydrogen) atoms. The van der Waals surface area contributed by atoms with Crippen molar-refractivity contribution >= 4 is 29.4 Å². The number of fused-ring (bicyclic) bond motifs is 1. The number of aliphatic hydroxyl groups is 2. The highest BCUT2D eigenvalue weighted by Gasteiger charge is 2.60. The Hall–Kier alpha value is -2.62. The number of aliphatic hydroxyl groups excluding tert-OH is 2. The molecule has 2 atom stereocenters. The first-order chi connectivity index (χ1) is 14.8. The van der Waals surface area contributed by atoms with E-state index in [1.807, 2.05) is 0 Å². The van der Waals surface area contributed by atoms with Crippen molar-refractivity contribution in [3.63, 3.8) is 0 Å². The topological polar surface area (TPSA) is 124 Å². The molecular formula is C21H24ClNO8. The number of ether oxygens (including phenoxy) is 4. The highest BCUT2D eigenvalue weighted by Crippen LogP contribution is 2.54. The molecule has 1 aliphatic carbocycles. The molecule has 0 radical (unpaired) electrons. The van der Waals surface area contributed by atoms with Gasteiger partial charge < -0.3 is 29.2 Å². The summed E-state index contributed by atoms with van der Waals surface area (Å²) in [6, 6.07) is 1.47. The monoisotopic (exact) mass is 453 g/mol. The maximum atomic E-state index is 13.5. The molecule has 1 spiro atoms. The van der Waals surface area contributed by atoms with Crippen LogP contribution in [0.2, 0.25) is 5.02 Å². The molecular weight excluding hydrogens is 430 g/mol. The van der Waals surface area contributed by atoms with Gasteiger partial charge in [-0.1, -0.05) is 18.5 Å². The molecule has 1 aromatic rings. The van der Waals surface area contributed by atoms with Gasteiger partial charge >= 0.3 is 0 Å². The summed E-state index contributed by atoms with van der Waals surface area (Å²) in [5.41, 5.74) is -1.85. The molecule has 3 rings (SSSR count). The van der Waals surface area contributed by atoms with Crippen LogP contribution in [0.4, 0.5) is 0 Å². The lowest BCUT2D eigenvalue weighted by molar-refractivity contribution is -0.118. The minimum atomic E-state index is -1.83. The van der Waals surface area contributed by atoms with Crippen molar-refractivity contribution in [2.75, 3.05) is 40.6 Å². The summed E-state index contributed by atoms with van der Waals surface area (Å²) in [5, 5.41) is 19.8. The van der Waals surface area contributed by atoms with Gasteiger partial charge in [0.2, 0.25) is 11.4 Å². The minimum Gasteiger partial charge on any atom is -0.507 e. The van der Waals surface area contributed by atoms with Crippen molar-refractivity contribution in [1.29, 1.82) is 0 Å². The van der Waals surface area contributed by atoms with Gasteiger partial charge in [-0.05, 0) is 0 Å². The predicted octanol–water partition coefficient (Wildman–Crippen LogP) is 2.17. The molecule has 2 aliphatic rings. The van der Waals surface area contributed by atoms with Crippen LogP contribution in [0, 0.1) is 5.92 Å². The summed E-state index contributed by atoms with van der Waals surface area (Å²) >= 11 is 6.38. The molecule has 0 saturated carbocycles. The van der Waals surface area contributed by atoms with Crippen molar-refractivity contribution in [1.82, 2.24) is 0 Å². The first-order valence-electron chi connectivity index (χ1n) is 9.67. The Kier molecular flexibility index (Phi) is 6.88. The first kappa shape index (κ1) is 23.1. The number of methoxy groups -OCH3 is 2. The quantitative estimate of drug-likeness (QED) is 0.453. The first-order valence-corrected chi connectivity index (χ1v) is 10.0. The lowest BCUT2D eigenvalue weighted by Gasteiger charge is -2.36. The lowest BCUT2D eigenvalue weighted by atomic mass is 9.73.